The molecule has 20 heavy (non-hydrogen) atoms. The zero-order chi connectivity index (χ0) is 16.0. The second kappa shape index (κ2) is 14.0. The van der Waals surface area contributed by atoms with Crippen molar-refractivity contribution in [3.05, 3.63) is 65.7 Å². The fourth-order valence-electron chi connectivity index (χ4n) is 1.44. The molecule has 0 saturated heterocycles. The van der Waals surface area contributed by atoms with Gasteiger partial charge in [0.2, 0.25) is 0 Å². The molecule has 1 aromatic rings. The standard InChI is InChI=1S/C14H15ClO.2C2H6/c1-4-7-12(11(2)15)10-13-8-5-6-9-14(13)16-3;2*1-2/h4-9H,1-2,10H2,3H3;2*1-2H3/b12-7-;;. The zero-order valence-corrected chi connectivity index (χ0v) is 14.1. The molecule has 0 aliphatic heterocycles. The van der Waals surface area contributed by atoms with Gasteiger partial charge < -0.3 is 4.74 Å². The molecule has 0 radical (unpaired) electrons. The second-order valence-corrected chi connectivity index (χ2v) is 3.78. The van der Waals surface area contributed by atoms with E-state index in [0.717, 1.165) is 16.9 Å². The third-order valence-corrected chi connectivity index (χ3v) is 2.48. The molecule has 0 aromatic heterocycles. The van der Waals surface area contributed by atoms with Gasteiger partial charge in [-0.1, -0.05) is 82.8 Å². The van der Waals surface area contributed by atoms with E-state index < -0.39 is 0 Å². The van der Waals surface area contributed by atoms with Crippen LogP contribution in [0.1, 0.15) is 33.3 Å². The Kier molecular flexibility index (Phi) is 14.5. The van der Waals surface area contributed by atoms with Crippen LogP contribution in [0.25, 0.3) is 0 Å². The predicted molar refractivity (Wildman–Crippen MR) is 92.7 cm³/mol. The molecule has 112 valence electrons. The van der Waals surface area contributed by atoms with Crippen LogP contribution in [0.2, 0.25) is 0 Å². The van der Waals surface area contributed by atoms with E-state index in [1.807, 2.05) is 58.0 Å². The van der Waals surface area contributed by atoms with Crippen molar-refractivity contribution >= 4 is 11.6 Å². The fourth-order valence-corrected chi connectivity index (χ4v) is 1.57. The Balaban J connectivity index is 0. The van der Waals surface area contributed by atoms with Gasteiger partial charge in [-0.05, 0) is 17.2 Å². The van der Waals surface area contributed by atoms with E-state index in [4.69, 9.17) is 16.3 Å². The van der Waals surface area contributed by atoms with E-state index in [2.05, 4.69) is 13.2 Å². The van der Waals surface area contributed by atoms with E-state index >= 15 is 0 Å². The zero-order valence-electron chi connectivity index (χ0n) is 13.4. The number of methoxy groups -OCH3 is 1. The van der Waals surface area contributed by atoms with Crippen LogP contribution in [0, 0.1) is 0 Å². The van der Waals surface area contributed by atoms with E-state index in [1.165, 1.54) is 0 Å². The highest BCUT2D eigenvalue weighted by Crippen LogP contribution is 2.24. The highest BCUT2D eigenvalue weighted by atomic mass is 35.5. The molecule has 0 atom stereocenters. The summed E-state index contributed by atoms with van der Waals surface area (Å²) >= 11 is 5.92. The second-order valence-electron chi connectivity index (χ2n) is 3.32. The van der Waals surface area contributed by atoms with E-state index in [9.17, 15) is 0 Å². The number of hydrogen-bond donors (Lipinski definition) is 0. The van der Waals surface area contributed by atoms with Gasteiger partial charge in [0.05, 0.1) is 7.11 Å². The lowest BCUT2D eigenvalue weighted by molar-refractivity contribution is 0.410. The number of allylic oxidation sites excluding steroid dienone is 4. The molecule has 0 bridgehead atoms. The molecule has 0 fully saturated rings. The lowest BCUT2D eigenvalue weighted by Crippen LogP contribution is -1.94. The molecule has 0 aliphatic rings. The predicted octanol–water partition coefficient (Wildman–Crippen LogP) is 6.16. The highest BCUT2D eigenvalue weighted by molar-refractivity contribution is 6.31. The Hall–Kier alpha value is -1.47. The van der Waals surface area contributed by atoms with Gasteiger partial charge in [0, 0.05) is 11.5 Å². The van der Waals surface area contributed by atoms with E-state index in [1.54, 1.807) is 13.2 Å². The average molecular weight is 295 g/mol. The Morgan fingerprint density at radius 2 is 1.75 bits per heavy atom. The number of para-hydroxylation sites is 1. The Morgan fingerprint density at radius 3 is 2.20 bits per heavy atom. The minimum Gasteiger partial charge on any atom is -0.496 e. The maximum absolute atomic E-state index is 5.92. The lowest BCUT2D eigenvalue weighted by atomic mass is 10.0. The first-order chi connectivity index (χ1) is 9.69. The molecule has 2 heteroatoms. The summed E-state index contributed by atoms with van der Waals surface area (Å²) in [7, 11) is 1.66. The molecular formula is C18H27ClO. The molecule has 1 rings (SSSR count). The summed E-state index contributed by atoms with van der Waals surface area (Å²) in [6.07, 6.45) is 4.26. The van der Waals surface area contributed by atoms with Crippen LogP contribution < -0.4 is 4.74 Å². The van der Waals surface area contributed by atoms with E-state index in [-0.39, 0.29) is 0 Å². The quantitative estimate of drug-likeness (QED) is 0.591. The first-order valence-electron chi connectivity index (χ1n) is 6.97. The SMILES string of the molecule is C=C/C=C(/Cc1ccccc1OC)C(=C)Cl.CC.CC. The summed E-state index contributed by atoms with van der Waals surface area (Å²) in [5.41, 5.74) is 2.03. The summed E-state index contributed by atoms with van der Waals surface area (Å²) in [6.45, 7) is 15.4. The van der Waals surface area contributed by atoms with Crippen LogP contribution in [0.15, 0.2) is 60.2 Å². The van der Waals surface area contributed by atoms with Crippen LogP contribution in [-0.4, -0.2) is 7.11 Å². The van der Waals surface area contributed by atoms with Crippen molar-refractivity contribution in [1.29, 1.82) is 0 Å². The maximum atomic E-state index is 5.92. The first kappa shape index (κ1) is 20.8. The molecule has 0 heterocycles. The Bertz CT molecular complexity index is 419. The fraction of sp³-hybridized carbons (Fsp3) is 0.333. The number of rotatable bonds is 5. The largest absolute Gasteiger partial charge is 0.496 e. The minimum atomic E-state index is 0.533. The number of hydrogen-bond acceptors (Lipinski definition) is 1. The van der Waals surface area contributed by atoms with Gasteiger partial charge >= 0.3 is 0 Å². The number of benzene rings is 1. The molecule has 0 unspecified atom stereocenters. The van der Waals surface area contributed by atoms with Crippen LogP contribution in [0.5, 0.6) is 5.75 Å². The van der Waals surface area contributed by atoms with Crippen LogP contribution >= 0.6 is 11.6 Å². The third kappa shape index (κ3) is 7.85. The summed E-state index contributed by atoms with van der Waals surface area (Å²) < 4.78 is 5.28. The van der Waals surface area contributed by atoms with Crippen molar-refractivity contribution in [2.75, 3.05) is 7.11 Å². The van der Waals surface area contributed by atoms with Crippen molar-refractivity contribution in [1.82, 2.24) is 0 Å². The van der Waals surface area contributed by atoms with Crippen LogP contribution in [0.3, 0.4) is 0 Å². The van der Waals surface area contributed by atoms with Crippen molar-refractivity contribution in [2.45, 2.75) is 34.1 Å². The smallest absolute Gasteiger partial charge is 0.122 e. The number of halogens is 1. The summed E-state index contributed by atoms with van der Waals surface area (Å²) in [5.74, 6) is 0.857. The third-order valence-electron chi connectivity index (χ3n) is 2.24. The molecule has 0 N–H and O–H groups in total. The van der Waals surface area contributed by atoms with Crippen molar-refractivity contribution < 1.29 is 4.74 Å². The van der Waals surface area contributed by atoms with Crippen molar-refractivity contribution in [3.8, 4) is 5.75 Å². The minimum absolute atomic E-state index is 0.533. The Morgan fingerprint density at radius 1 is 1.20 bits per heavy atom. The summed E-state index contributed by atoms with van der Waals surface area (Å²) in [5, 5.41) is 0.533. The molecule has 0 spiro atoms. The van der Waals surface area contributed by atoms with Gasteiger partial charge in [-0.2, -0.15) is 0 Å². The molecule has 0 aliphatic carbocycles. The van der Waals surface area contributed by atoms with Gasteiger partial charge in [-0.15, -0.1) is 0 Å². The summed E-state index contributed by atoms with van der Waals surface area (Å²) in [4.78, 5) is 0. The van der Waals surface area contributed by atoms with Crippen molar-refractivity contribution in [2.24, 2.45) is 0 Å². The van der Waals surface area contributed by atoms with Crippen LogP contribution in [-0.2, 0) is 6.42 Å². The Labute approximate surface area is 129 Å². The lowest BCUT2D eigenvalue weighted by Gasteiger charge is -2.09. The van der Waals surface area contributed by atoms with Gasteiger partial charge in [-0.25, -0.2) is 0 Å². The average Bonchev–Trinajstić information content (AvgIpc) is 2.51. The van der Waals surface area contributed by atoms with Crippen molar-refractivity contribution in [3.63, 3.8) is 0 Å². The van der Waals surface area contributed by atoms with E-state index in [0.29, 0.717) is 11.5 Å². The van der Waals surface area contributed by atoms with Crippen LogP contribution in [0.4, 0.5) is 0 Å². The van der Waals surface area contributed by atoms with Gasteiger partial charge in [0.25, 0.3) is 0 Å². The topological polar surface area (TPSA) is 9.23 Å². The number of ether oxygens (including phenoxy) is 1. The first-order valence-corrected chi connectivity index (χ1v) is 7.35. The van der Waals surface area contributed by atoms with Gasteiger partial charge in [0.1, 0.15) is 5.75 Å². The monoisotopic (exact) mass is 294 g/mol. The van der Waals surface area contributed by atoms with Gasteiger partial charge in [0.15, 0.2) is 0 Å². The molecule has 0 saturated carbocycles. The molecule has 1 aromatic carbocycles. The normalized spacial score (nSPS) is 9.40. The summed E-state index contributed by atoms with van der Waals surface area (Å²) in [6, 6.07) is 7.85. The molecular weight excluding hydrogens is 268 g/mol. The maximum Gasteiger partial charge on any atom is 0.122 e. The highest BCUT2D eigenvalue weighted by Gasteiger charge is 2.06. The molecule has 1 nitrogen and oxygen atoms in total. The van der Waals surface area contributed by atoms with Gasteiger partial charge in [-0.3, -0.25) is 0 Å². The molecule has 0 amide bonds.